The second-order valence-electron chi connectivity index (χ2n) is 9.19. The lowest BCUT2D eigenvalue weighted by atomic mass is 9.54. The van der Waals surface area contributed by atoms with E-state index in [1.807, 2.05) is 48.5 Å². The highest BCUT2D eigenvalue weighted by Crippen LogP contribution is 2.69. The summed E-state index contributed by atoms with van der Waals surface area (Å²) < 4.78 is 0. The molecule has 1 fully saturated rings. The largest absolute Gasteiger partial charge is 0.324 e. The van der Waals surface area contributed by atoms with Gasteiger partial charge in [0.2, 0.25) is 17.7 Å². The Hall–Kier alpha value is -2.86. The van der Waals surface area contributed by atoms with Gasteiger partial charge in [-0.05, 0) is 53.4 Å². The second-order valence-corrected chi connectivity index (χ2v) is 10.8. The Balaban J connectivity index is 1.45. The molecule has 4 aliphatic rings. The number of alkyl halides is 2. The van der Waals surface area contributed by atoms with Crippen LogP contribution in [0.4, 0.5) is 5.69 Å². The highest BCUT2D eigenvalue weighted by Gasteiger charge is 2.73. The number of likely N-dealkylation sites (tertiary alicyclic amines) is 1. The minimum absolute atomic E-state index is 0.497. The average Bonchev–Trinajstić information content (AvgIpc) is 3.14. The van der Waals surface area contributed by atoms with Gasteiger partial charge in [-0.25, -0.2) is 0 Å². The van der Waals surface area contributed by atoms with Crippen LogP contribution in [-0.2, 0) is 24.1 Å². The molecule has 0 aromatic heterocycles. The first-order valence-corrected chi connectivity index (χ1v) is 12.3. The molecule has 35 heavy (non-hydrogen) atoms. The monoisotopic (exact) mass is 524 g/mol. The molecule has 3 amide bonds. The number of rotatable bonds is 3. The lowest BCUT2D eigenvalue weighted by molar-refractivity contribution is -0.146. The van der Waals surface area contributed by atoms with Gasteiger partial charge >= 0.3 is 0 Å². The fourth-order valence-corrected chi connectivity index (χ4v) is 7.19. The molecule has 3 aliphatic carbocycles. The van der Waals surface area contributed by atoms with Gasteiger partial charge in [-0.2, -0.15) is 0 Å². The Kier molecular flexibility index (Phi) is 4.89. The fraction of sp³-hybridized carbons (Fsp3) is 0.222. The van der Waals surface area contributed by atoms with E-state index < -0.39 is 45.3 Å². The molecule has 1 saturated heterocycles. The van der Waals surface area contributed by atoms with E-state index in [1.165, 1.54) is 6.92 Å². The normalized spacial score (nSPS) is 28.9. The molecule has 2 bridgehead atoms. The van der Waals surface area contributed by atoms with Crippen LogP contribution in [0.3, 0.4) is 0 Å². The molecule has 0 radical (unpaired) electrons. The van der Waals surface area contributed by atoms with E-state index in [0.717, 1.165) is 27.2 Å². The maximum absolute atomic E-state index is 13.9. The second kappa shape index (κ2) is 7.57. The molecule has 7 rings (SSSR count). The maximum atomic E-state index is 13.9. The standard InChI is InChI=1S/C27H19Cl3N2O3/c1-14(23(33)31-16-12-10-15(28)11-13-16)32-24(34)21-22(25(32)35)27(30)18-7-3-2-6-17(18)26(21,29)19-8-4-5-9-20(19)27/h2-14,21-22H,1H3,(H,31,33)/t14-,21-,22+,26?,27?/m0/s1. The van der Waals surface area contributed by atoms with E-state index in [0.29, 0.717) is 10.7 Å². The van der Waals surface area contributed by atoms with Crippen LogP contribution in [0.2, 0.25) is 5.02 Å². The summed E-state index contributed by atoms with van der Waals surface area (Å²) in [6.45, 7) is 1.53. The zero-order valence-corrected chi connectivity index (χ0v) is 20.7. The molecule has 1 N–H and O–H groups in total. The smallest absolute Gasteiger partial charge is 0.247 e. The third-order valence-corrected chi connectivity index (χ3v) is 9.03. The van der Waals surface area contributed by atoms with E-state index in [9.17, 15) is 14.4 Å². The number of nitrogens with one attached hydrogen (secondary N) is 1. The number of carbonyl (C=O) groups excluding carboxylic acids is 3. The van der Waals surface area contributed by atoms with E-state index in [4.69, 9.17) is 34.8 Å². The fourth-order valence-electron chi connectivity index (χ4n) is 5.97. The number of hydrogen-bond donors (Lipinski definition) is 1. The predicted molar refractivity (Wildman–Crippen MR) is 135 cm³/mol. The summed E-state index contributed by atoms with van der Waals surface area (Å²) in [5.41, 5.74) is 3.39. The number of benzene rings is 3. The number of hydrogen-bond acceptors (Lipinski definition) is 3. The van der Waals surface area contributed by atoms with Gasteiger partial charge in [0.05, 0.1) is 11.8 Å². The Labute approximate surface area is 217 Å². The molecule has 3 atom stereocenters. The Morgan fingerprint density at radius 2 is 1.20 bits per heavy atom. The maximum Gasteiger partial charge on any atom is 0.247 e. The number of nitrogens with zero attached hydrogens (tertiary/aromatic N) is 1. The first kappa shape index (κ1) is 22.6. The van der Waals surface area contributed by atoms with Crippen molar-refractivity contribution in [3.05, 3.63) is 100 Å². The summed E-state index contributed by atoms with van der Waals surface area (Å²) in [6.07, 6.45) is 0. The van der Waals surface area contributed by atoms with Gasteiger partial charge in [-0.15, -0.1) is 23.2 Å². The molecule has 3 aromatic carbocycles. The average molecular weight is 526 g/mol. The van der Waals surface area contributed by atoms with Crippen LogP contribution in [0.15, 0.2) is 72.8 Å². The van der Waals surface area contributed by atoms with Crippen molar-refractivity contribution < 1.29 is 14.4 Å². The Morgan fingerprint density at radius 1 is 0.800 bits per heavy atom. The third-order valence-electron chi connectivity index (χ3n) is 7.50. The van der Waals surface area contributed by atoms with Gasteiger partial charge in [0, 0.05) is 10.7 Å². The zero-order chi connectivity index (χ0) is 24.7. The lowest BCUT2D eigenvalue weighted by Gasteiger charge is -2.54. The molecule has 1 aliphatic heterocycles. The van der Waals surface area contributed by atoms with Crippen molar-refractivity contribution in [2.75, 3.05) is 5.32 Å². The van der Waals surface area contributed by atoms with Crippen molar-refractivity contribution in [2.45, 2.75) is 22.7 Å². The number of halogens is 3. The van der Waals surface area contributed by atoms with Crippen molar-refractivity contribution in [3.8, 4) is 0 Å². The summed E-state index contributed by atoms with van der Waals surface area (Å²) in [4.78, 5) is 39.4. The van der Waals surface area contributed by atoms with Crippen LogP contribution in [0.1, 0.15) is 29.2 Å². The van der Waals surface area contributed by atoms with Gasteiger partial charge < -0.3 is 5.32 Å². The molecule has 5 nitrogen and oxygen atoms in total. The minimum atomic E-state index is -1.28. The quantitative estimate of drug-likeness (QED) is 0.375. The number of amides is 3. The van der Waals surface area contributed by atoms with Crippen LogP contribution < -0.4 is 5.32 Å². The minimum Gasteiger partial charge on any atom is -0.324 e. The summed E-state index contributed by atoms with van der Waals surface area (Å²) in [5, 5.41) is 3.28. The summed E-state index contributed by atoms with van der Waals surface area (Å²) in [5.74, 6) is -3.37. The molecule has 1 heterocycles. The van der Waals surface area contributed by atoms with Gasteiger partial charge in [-0.1, -0.05) is 60.1 Å². The van der Waals surface area contributed by atoms with Crippen LogP contribution in [0.25, 0.3) is 0 Å². The topological polar surface area (TPSA) is 66.5 Å². The van der Waals surface area contributed by atoms with Crippen LogP contribution >= 0.6 is 34.8 Å². The van der Waals surface area contributed by atoms with Gasteiger partial charge in [0.15, 0.2) is 0 Å². The molecule has 3 aromatic rings. The van der Waals surface area contributed by atoms with Gasteiger partial charge in [0.25, 0.3) is 0 Å². The zero-order valence-electron chi connectivity index (χ0n) is 18.5. The Morgan fingerprint density at radius 3 is 1.60 bits per heavy atom. The van der Waals surface area contributed by atoms with Gasteiger partial charge in [-0.3, -0.25) is 19.3 Å². The lowest BCUT2D eigenvalue weighted by Crippen LogP contribution is -2.57. The Bertz CT molecular complexity index is 1300. The highest BCUT2D eigenvalue weighted by atomic mass is 35.5. The van der Waals surface area contributed by atoms with Crippen LogP contribution in [0, 0.1) is 11.8 Å². The highest BCUT2D eigenvalue weighted by molar-refractivity contribution is 6.36. The number of carbonyl (C=O) groups is 3. The molecular formula is C27H19Cl3N2O3. The molecule has 176 valence electrons. The van der Waals surface area contributed by atoms with Crippen molar-refractivity contribution in [2.24, 2.45) is 11.8 Å². The number of imide groups is 1. The van der Waals surface area contributed by atoms with Gasteiger partial charge in [0.1, 0.15) is 15.8 Å². The van der Waals surface area contributed by atoms with E-state index in [1.54, 1.807) is 24.3 Å². The molecular weight excluding hydrogens is 507 g/mol. The van der Waals surface area contributed by atoms with Crippen molar-refractivity contribution in [1.29, 1.82) is 0 Å². The first-order chi connectivity index (χ1) is 16.7. The number of anilines is 1. The van der Waals surface area contributed by atoms with Crippen LogP contribution in [0.5, 0.6) is 0 Å². The van der Waals surface area contributed by atoms with Crippen molar-refractivity contribution in [3.63, 3.8) is 0 Å². The summed E-state index contributed by atoms with van der Waals surface area (Å²) >= 11 is 20.7. The SMILES string of the molecule is C[C@@H](C(=O)Nc1ccc(Cl)cc1)N1C(=O)[C@@H]2[C@H](C1=O)C1(Cl)c3ccccc3C2(Cl)c2ccccc21. The molecule has 0 unspecified atom stereocenters. The van der Waals surface area contributed by atoms with Crippen molar-refractivity contribution >= 4 is 58.2 Å². The van der Waals surface area contributed by atoms with Crippen molar-refractivity contribution in [1.82, 2.24) is 4.90 Å². The molecule has 8 heteroatoms. The summed E-state index contributed by atoms with van der Waals surface area (Å²) in [6, 6.07) is 20.4. The predicted octanol–water partition coefficient (Wildman–Crippen LogP) is 5.26. The first-order valence-electron chi connectivity index (χ1n) is 11.2. The van der Waals surface area contributed by atoms with E-state index in [2.05, 4.69) is 5.32 Å². The third kappa shape index (κ3) is 2.80. The van der Waals surface area contributed by atoms with Crippen LogP contribution in [-0.4, -0.2) is 28.7 Å². The molecule has 0 spiro atoms. The van der Waals surface area contributed by atoms with E-state index >= 15 is 0 Å². The summed E-state index contributed by atoms with van der Waals surface area (Å²) in [7, 11) is 0. The molecule has 0 saturated carbocycles. The van der Waals surface area contributed by atoms with E-state index in [-0.39, 0.29) is 0 Å².